The summed E-state index contributed by atoms with van der Waals surface area (Å²) in [5.74, 6) is 18.5. The van der Waals surface area contributed by atoms with Crippen LogP contribution in [0.1, 0.15) is 12.8 Å². The van der Waals surface area contributed by atoms with E-state index in [1.165, 1.54) is 0 Å². The van der Waals surface area contributed by atoms with Gasteiger partial charge in [-0.2, -0.15) is 0 Å². The van der Waals surface area contributed by atoms with E-state index in [2.05, 4.69) is 23.7 Å². The van der Waals surface area contributed by atoms with Crippen molar-refractivity contribution in [1.82, 2.24) is 10.9 Å². The molecule has 0 aromatic carbocycles. The van der Waals surface area contributed by atoms with E-state index in [4.69, 9.17) is 11.7 Å². The second-order valence-corrected chi connectivity index (χ2v) is 2.09. The Labute approximate surface area is 81.3 Å². The Morgan fingerprint density at radius 1 is 0.929 bits per heavy atom. The summed E-state index contributed by atoms with van der Waals surface area (Å²) < 4.78 is 0. The first-order chi connectivity index (χ1) is 6.70. The highest BCUT2D eigenvalue weighted by Crippen LogP contribution is 1.74. The van der Waals surface area contributed by atoms with E-state index in [1.807, 2.05) is 10.9 Å². The summed E-state index contributed by atoms with van der Waals surface area (Å²) in [7, 11) is 0. The third-order valence-electron chi connectivity index (χ3n) is 1.06. The molecule has 0 saturated carbocycles. The minimum absolute atomic E-state index is 0.0196. The van der Waals surface area contributed by atoms with Gasteiger partial charge in [0.15, 0.2) is 0 Å². The van der Waals surface area contributed by atoms with E-state index in [0.29, 0.717) is 0 Å². The molecule has 0 atom stereocenters. The molecule has 6 heteroatoms. The van der Waals surface area contributed by atoms with Crippen molar-refractivity contribution in [3.8, 4) is 23.7 Å². The van der Waals surface area contributed by atoms with Gasteiger partial charge in [-0.25, -0.2) is 11.7 Å². The summed E-state index contributed by atoms with van der Waals surface area (Å²) in [5, 5.41) is 0. The Balaban J connectivity index is 3.79. The summed E-state index contributed by atoms with van der Waals surface area (Å²) in [6.45, 7) is 0. The van der Waals surface area contributed by atoms with Crippen LogP contribution in [0.25, 0.3) is 0 Å². The fourth-order valence-corrected chi connectivity index (χ4v) is 0.439. The normalized spacial score (nSPS) is 7.29. The maximum absolute atomic E-state index is 10.5. The van der Waals surface area contributed by atoms with Crippen molar-refractivity contribution >= 4 is 11.8 Å². The topological polar surface area (TPSA) is 110 Å². The monoisotopic (exact) mass is 194 g/mol. The van der Waals surface area contributed by atoms with Gasteiger partial charge in [-0.05, 0) is 11.8 Å². The van der Waals surface area contributed by atoms with E-state index in [9.17, 15) is 9.59 Å². The Hall–Kier alpha value is -2.02. The van der Waals surface area contributed by atoms with Crippen LogP contribution in [0, 0.1) is 23.7 Å². The van der Waals surface area contributed by atoms with E-state index in [0.717, 1.165) is 0 Å². The molecule has 0 aliphatic carbocycles. The molecular weight excluding hydrogens is 184 g/mol. The molecule has 0 bridgehead atoms. The molecule has 0 unspecified atom stereocenters. The third kappa shape index (κ3) is 6.68. The molecule has 0 saturated heterocycles. The SMILES string of the molecule is NNC(=O)CC#CC#CCC(=O)NN. The summed E-state index contributed by atoms with van der Waals surface area (Å²) in [5.41, 5.74) is 3.83. The number of hydrogen-bond donors (Lipinski definition) is 4. The zero-order chi connectivity index (χ0) is 10.8. The zero-order valence-electron chi connectivity index (χ0n) is 7.39. The fourth-order valence-electron chi connectivity index (χ4n) is 0.439. The zero-order valence-corrected chi connectivity index (χ0v) is 7.39. The molecule has 14 heavy (non-hydrogen) atoms. The molecule has 0 aromatic rings. The first-order valence-electron chi connectivity index (χ1n) is 3.65. The van der Waals surface area contributed by atoms with Crippen LogP contribution in [0.4, 0.5) is 0 Å². The Morgan fingerprint density at radius 2 is 1.29 bits per heavy atom. The van der Waals surface area contributed by atoms with Crippen molar-refractivity contribution in [3.05, 3.63) is 0 Å². The summed E-state index contributed by atoms with van der Waals surface area (Å²) in [6.07, 6.45) is -0.0392. The summed E-state index contributed by atoms with van der Waals surface area (Å²) in [6, 6.07) is 0. The Morgan fingerprint density at radius 3 is 1.57 bits per heavy atom. The first-order valence-corrected chi connectivity index (χ1v) is 3.65. The van der Waals surface area contributed by atoms with Crippen molar-refractivity contribution in [2.24, 2.45) is 11.7 Å². The molecule has 0 spiro atoms. The molecule has 6 N–H and O–H groups in total. The van der Waals surface area contributed by atoms with Crippen molar-refractivity contribution in [3.63, 3.8) is 0 Å². The molecule has 6 nitrogen and oxygen atoms in total. The quantitative estimate of drug-likeness (QED) is 0.172. The molecule has 0 aliphatic heterocycles. The molecule has 0 fully saturated rings. The lowest BCUT2D eigenvalue weighted by Crippen LogP contribution is -2.29. The Kier molecular flexibility index (Phi) is 6.52. The molecular formula is C8H10N4O2. The number of amides is 2. The highest BCUT2D eigenvalue weighted by molar-refractivity contribution is 5.78. The van der Waals surface area contributed by atoms with Crippen molar-refractivity contribution < 1.29 is 9.59 Å². The lowest BCUT2D eigenvalue weighted by Gasteiger charge is -1.88. The Bertz CT molecular complexity index is 295. The number of nitrogens with two attached hydrogens (primary N) is 2. The smallest absolute Gasteiger partial charge is 0.245 e. The van der Waals surface area contributed by atoms with Gasteiger partial charge in [0, 0.05) is 0 Å². The lowest BCUT2D eigenvalue weighted by atomic mass is 10.4. The second kappa shape index (κ2) is 7.62. The number of hydrazine groups is 2. The van der Waals surface area contributed by atoms with Gasteiger partial charge in [0.05, 0.1) is 12.8 Å². The largest absolute Gasteiger partial charge is 0.293 e. The number of nitrogens with one attached hydrogen (secondary N) is 2. The average molecular weight is 194 g/mol. The predicted molar refractivity (Wildman–Crippen MR) is 49.4 cm³/mol. The fraction of sp³-hybridized carbons (Fsp3) is 0.250. The van der Waals surface area contributed by atoms with E-state index < -0.39 is 0 Å². The lowest BCUT2D eigenvalue weighted by molar-refractivity contribution is -0.121. The highest BCUT2D eigenvalue weighted by atomic mass is 16.2. The number of carbonyl (C=O) groups excluding carboxylic acids is 2. The van der Waals surface area contributed by atoms with Gasteiger partial charge in [0.2, 0.25) is 11.8 Å². The van der Waals surface area contributed by atoms with Gasteiger partial charge in [-0.3, -0.25) is 20.4 Å². The second-order valence-electron chi connectivity index (χ2n) is 2.09. The van der Waals surface area contributed by atoms with Gasteiger partial charge in [-0.15, -0.1) is 0 Å². The maximum Gasteiger partial charge on any atom is 0.245 e. The van der Waals surface area contributed by atoms with Crippen molar-refractivity contribution in [2.75, 3.05) is 0 Å². The minimum atomic E-state index is -0.390. The molecule has 0 rings (SSSR count). The van der Waals surface area contributed by atoms with Crippen LogP contribution >= 0.6 is 0 Å². The highest BCUT2D eigenvalue weighted by Gasteiger charge is 1.91. The molecule has 0 aliphatic rings. The maximum atomic E-state index is 10.5. The van der Waals surface area contributed by atoms with E-state index >= 15 is 0 Å². The first kappa shape index (κ1) is 12.0. The number of hydrogen-bond acceptors (Lipinski definition) is 4. The molecule has 0 heterocycles. The van der Waals surface area contributed by atoms with Gasteiger partial charge < -0.3 is 0 Å². The predicted octanol–water partition coefficient (Wildman–Crippen LogP) is -2.25. The van der Waals surface area contributed by atoms with Crippen LogP contribution in [0.3, 0.4) is 0 Å². The average Bonchev–Trinajstić information content (AvgIpc) is 2.22. The van der Waals surface area contributed by atoms with Crippen LogP contribution < -0.4 is 22.5 Å². The van der Waals surface area contributed by atoms with Crippen molar-refractivity contribution in [2.45, 2.75) is 12.8 Å². The molecule has 2 amide bonds. The number of rotatable bonds is 2. The van der Waals surface area contributed by atoms with Gasteiger partial charge in [0.1, 0.15) is 0 Å². The summed E-state index contributed by atoms with van der Waals surface area (Å²) >= 11 is 0. The van der Waals surface area contributed by atoms with Crippen LogP contribution in [0.5, 0.6) is 0 Å². The third-order valence-corrected chi connectivity index (χ3v) is 1.06. The van der Waals surface area contributed by atoms with Crippen LogP contribution in [0.15, 0.2) is 0 Å². The van der Waals surface area contributed by atoms with Gasteiger partial charge in [0.25, 0.3) is 0 Å². The number of carbonyl (C=O) groups is 2. The van der Waals surface area contributed by atoms with Crippen LogP contribution in [0.2, 0.25) is 0 Å². The van der Waals surface area contributed by atoms with Crippen LogP contribution in [-0.2, 0) is 9.59 Å². The van der Waals surface area contributed by atoms with Gasteiger partial charge >= 0.3 is 0 Å². The molecule has 74 valence electrons. The van der Waals surface area contributed by atoms with Crippen molar-refractivity contribution in [1.29, 1.82) is 0 Å². The standard InChI is InChI=1S/C8H10N4O2/c9-11-7(13)5-3-1-2-4-6-8(14)12-10/h5-6,9-10H2,(H,11,13)(H,12,14). The molecule has 0 aromatic heterocycles. The minimum Gasteiger partial charge on any atom is -0.293 e. The van der Waals surface area contributed by atoms with E-state index in [1.54, 1.807) is 0 Å². The van der Waals surface area contributed by atoms with E-state index in [-0.39, 0.29) is 24.7 Å². The van der Waals surface area contributed by atoms with Gasteiger partial charge in [-0.1, -0.05) is 11.8 Å². The molecule has 0 radical (unpaired) electrons. The summed E-state index contributed by atoms with van der Waals surface area (Å²) in [4.78, 5) is 21.1. The van der Waals surface area contributed by atoms with Crippen LogP contribution in [-0.4, -0.2) is 11.8 Å².